The van der Waals surface area contributed by atoms with Gasteiger partial charge in [0.1, 0.15) is 0 Å². The van der Waals surface area contributed by atoms with Gasteiger partial charge in [0, 0.05) is 31.4 Å². The Balaban J connectivity index is 2.93. The van der Waals surface area contributed by atoms with Crippen LogP contribution in [0.2, 0.25) is 0 Å². The quantitative estimate of drug-likeness (QED) is 0.733. The fraction of sp³-hybridized carbons (Fsp3) is 0.750. The summed E-state index contributed by atoms with van der Waals surface area (Å²) in [6.45, 7) is 5.08. The third-order valence-corrected chi connectivity index (χ3v) is 2.93. The fourth-order valence-corrected chi connectivity index (χ4v) is 2.01. The van der Waals surface area contributed by atoms with Gasteiger partial charge in [-0.15, -0.1) is 0 Å². The van der Waals surface area contributed by atoms with Gasteiger partial charge in [0.2, 0.25) is 0 Å². The van der Waals surface area contributed by atoms with Crippen LogP contribution in [0.4, 0.5) is 0 Å². The second-order valence-electron chi connectivity index (χ2n) is 4.29. The number of aryl methyl sites for hydroxylation is 1. The van der Waals surface area contributed by atoms with E-state index in [2.05, 4.69) is 18.9 Å². The second-order valence-corrected chi connectivity index (χ2v) is 4.29. The third-order valence-electron chi connectivity index (χ3n) is 2.93. The Morgan fingerprint density at radius 2 is 2.24 bits per heavy atom. The van der Waals surface area contributed by atoms with Crippen LogP contribution in [0.3, 0.4) is 0 Å². The van der Waals surface area contributed by atoms with E-state index >= 15 is 0 Å². The monoisotopic (exact) mass is 240 g/mol. The lowest BCUT2D eigenvalue weighted by Gasteiger charge is -2.32. The lowest BCUT2D eigenvalue weighted by Crippen LogP contribution is -2.40. The summed E-state index contributed by atoms with van der Waals surface area (Å²) >= 11 is 0. The molecule has 0 radical (unpaired) electrons. The number of hydrogen-bond donors (Lipinski definition) is 1. The van der Waals surface area contributed by atoms with Crippen LogP contribution in [0.25, 0.3) is 0 Å². The van der Waals surface area contributed by atoms with Crippen molar-refractivity contribution in [3.05, 3.63) is 18.0 Å². The van der Waals surface area contributed by atoms with Crippen molar-refractivity contribution in [2.45, 2.75) is 38.8 Å². The maximum Gasteiger partial charge on any atom is 0.0783 e. The van der Waals surface area contributed by atoms with Crippen molar-refractivity contribution in [1.82, 2.24) is 14.8 Å². The van der Waals surface area contributed by atoms with Crippen molar-refractivity contribution in [2.24, 2.45) is 12.8 Å². The van der Waals surface area contributed by atoms with Crippen LogP contribution in [0, 0.1) is 0 Å². The minimum absolute atomic E-state index is 0.0469. The first kappa shape index (κ1) is 14.2. The van der Waals surface area contributed by atoms with Gasteiger partial charge >= 0.3 is 0 Å². The summed E-state index contributed by atoms with van der Waals surface area (Å²) in [7, 11) is 3.61. The normalized spacial score (nSPS) is 15.2. The van der Waals surface area contributed by atoms with E-state index in [0.717, 1.165) is 24.9 Å². The van der Waals surface area contributed by atoms with Crippen molar-refractivity contribution >= 4 is 0 Å². The molecule has 0 aromatic carbocycles. The maximum atomic E-state index is 6.21. The molecule has 0 bridgehead atoms. The van der Waals surface area contributed by atoms with Crippen LogP contribution in [0.1, 0.15) is 38.3 Å². The molecule has 0 saturated carbocycles. The second kappa shape index (κ2) is 6.74. The van der Waals surface area contributed by atoms with E-state index in [0.29, 0.717) is 0 Å². The molecular weight excluding hydrogens is 216 g/mol. The van der Waals surface area contributed by atoms with Gasteiger partial charge in [0.15, 0.2) is 0 Å². The molecule has 17 heavy (non-hydrogen) atoms. The molecule has 2 unspecified atom stereocenters. The summed E-state index contributed by atoms with van der Waals surface area (Å²) < 4.78 is 1.80. The average Bonchev–Trinajstić information content (AvgIpc) is 2.74. The zero-order valence-corrected chi connectivity index (χ0v) is 11.3. The molecular formula is C12H24N4O. The predicted octanol–water partition coefficient (Wildman–Crippen LogP) is 1.47. The summed E-state index contributed by atoms with van der Waals surface area (Å²) in [4.78, 5) is 5.46. The molecule has 0 saturated heterocycles. The zero-order valence-electron chi connectivity index (χ0n) is 11.3. The first-order chi connectivity index (χ1) is 8.13. The van der Waals surface area contributed by atoms with E-state index in [4.69, 9.17) is 10.6 Å². The first-order valence-corrected chi connectivity index (χ1v) is 6.18. The van der Waals surface area contributed by atoms with E-state index in [1.165, 1.54) is 0 Å². The predicted molar refractivity (Wildman–Crippen MR) is 68.2 cm³/mol. The smallest absolute Gasteiger partial charge is 0.0783 e. The highest BCUT2D eigenvalue weighted by atomic mass is 16.7. The summed E-state index contributed by atoms with van der Waals surface area (Å²) in [5.74, 6) is 0. The molecule has 2 atom stereocenters. The highest BCUT2D eigenvalue weighted by Gasteiger charge is 2.26. The standard InChI is InChI=1S/C12H24N4O/c1-5-7-16(17-4)12(11(13)6-2)10-8-14-15(3)9-10/h8-9,11-12H,5-7,13H2,1-4H3. The zero-order chi connectivity index (χ0) is 12.8. The van der Waals surface area contributed by atoms with Crippen LogP contribution in [0.5, 0.6) is 0 Å². The van der Waals surface area contributed by atoms with Crippen molar-refractivity contribution in [3.63, 3.8) is 0 Å². The van der Waals surface area contributed by atoms with Crippen LogP contribution in [-0.4, -0.2) is 34.5 Å². The highest BCUT2D eigenvalue weighted by Crippen LogP contribution is 2.24. The lowest BCUT2D eigenvalue weighted by atomic mass is 10.0. The Morgan fingerprint density at radius 3 is 2.65 bits per heavy atom. The van der Waals surface area contributed by atoms with Gasteiger partial charge in [0.25, 0.3) is 0 Å². The van der Waals surface area contributed by atoms with Crippen molar-refractivity contribution < 1.29 is 4.84 Å². The van der Waals surface area contributed by atoms with E-state index in [9.17, 15) is 0 Å². The molecule has 1 aromatic rings. The van der Waals surface area contributed by atoms with Crippen molar-refractivity contribution in [3.8, 4) is 0 Å². The van der Waals surface area contributed by atoms with Gasteiger partial charge < -0.3 is 10.6 Å². The van der Waals surface area contributed by atoms with E-state index in [-0.39, 0.29) is 12.1 Å². The van der Waals surface area contributed by atoms with Gasteiger partial charge in [-0.25, -0.2) is 0 Å². The van der Waals surface area contributed by atoms with Gasteiger partial charge in [-0.05, 0) is 12.8 Å². The maximum absolute atomic E-state index is 6.21. The minimum Gasteiger partial charge on any atom is -0.326 e. The van der Waals surface area contributed by atoms with Gasteiger partial charge in [-0.3, -0.25) is 4.68 Å². The number of aromatic nitrogens is 2. The summed E-state index contributed by atoms with van der Waals surface area (Å²) in [6.07, 6.45) is 5.80. The van der Waals surface area contributed by atoms with Crippen LogP contribution >= 0.6 is 0 Å². The summed E-state index contributed by atoms with van der Waals surface area (Å²) in [5, 5.41) is 6.16. The molecule has 0 aliphatic rings. The Bertz CT molecular complexity index is 326. The lowest BCUT2D eigenvalue weighted by molar-refractivity contribution is -0.169. The van der Waals surface area contributed by atoms with Gasteiger partial charge in [0.05, 0.1) is 19.3 Å². The Morgan fingerprint density at radius 1 is 1.53 bits per heavy atom. The number of hydrogen-bond acceptors (Lipinski definition) is 4. The summed E-state index contributed by atoms with van der Waals surface area (Å²) in [6, 6.07) is 0.115. The van der Waals surface area contributed by atoms with Gasteiger partial charge in [-0.2, -0.15) is 10.2 Å². The number of hydroxylamine groups is 2. The molecule has 0 aliphatic heterocycles. The molecule has 0 fully saturated rings. The molecule has 5 nitrogen and oxygen atoms in total. The van der Waals surface area contributed by atoms with Crippen LogP contribution < -0.4 is 5.73 Å². The van der Waals surface area contributed by atoms with Crippen LogP contribution in [0.15, 0.2) is 12.4 Å². The number of nitrogens with two attached hydrogens (primary N) is 1. The Kier molecular flexibility index (Phi) is 5.61. The van der Waals surface area contributed by atoms with E-state index < -0.39 is 0 Å². The van der Waals surface area contributed by atoms with Crippen LogP contribution in [-0.2, 0) is 11.9 Å². The molecule has 98 valence electrons. The Labute approximate surface area is 103 Å². The molecule has 1 rings (SSSR count). The summed E-state index contributed by atoms with van der Waals surface area (Å²) in [5.41, 5.74) is 7.32. The van der Waals surface area contributed by atoms with E-state index in [1.807, 2.05) is 24.5 Å². The minimum atomic E-state index is 0.0469. The molecule has 1 heterocycles. The first-order valence-electron chi connectivity index (χ1n) is 6.18. The number of rotatable bonds is 7. The molecule has 0 aliphatic carbocycles. The third kappa shape index (κ3) is 3.52. The Hall–Kier alpha value is -0.910. The molecule has 5 heteroatoms. The molecule has 0 amide bonds. The van der Waals surface area contributed by atoms with Crippen molar-refractivity contribution in [2.75, 3.05) is 13.7 Å². The van der Waals surface area contributed by atoms with Crippen molar-refractivity contribution in [1.29, 1.82) is 0 Å². The highest BCUT2D eigenvalue weighted by molar-refractivity contribution is 5.12. The number of nitrogens with zero attached hydrogens (tertiary/aromatic N) is 3. The molecule has 0 spiro atoms. The van der Waals surface area contributed by atoms with E-state index in [1.54, 1.807) is 11.8 Å². The SMILES string of the molecule is CCCN(OC)C(c1cnn(C)c1)C(N)CC. The topological polar surface area (TPSA) is 56.3 Å². The fourth-order valence-electron chi connectivity index (χ4n) is 2.01. The largest absolute Gasteiger partial charge is 0.326 e. The molecule has 1 aromatic heterocycles. The average molecular weight is 240 g/mol. The van der Waals surface area contributed by atoms with Gasteiger partial charge in [-0.1, -0.05) is 13.8 Å². The molecule has 2 N–H and O–H groups in total.